The van der Waals surface area contributed by atoms with E-state index in [0.29, 0.717) is 40.6 Å². The summed E-state index contributed by atoms with van der Waals surface area (Å²) in [5.74, 6) is 0.177. The summed E-state index contributed by atoms with van der Waals surface area (Å²) in [5, 5.41) is 3.65. The molecule has 0 rings (SSSR count). The highest BCUT2D eigenvalue weighted by atomic mass is 35.5. The first kappa shape index (κ1) is 20.7. The van der Waals surface area contributed by atoms with Crippen LogP contribution >= 0.6 is 23.2 Å². The Hall–Kier alpha value is -1.32. The number of allylic oxidation sites excluding steroid dienone is 5. The van der Waals surface area contributed by atoms with Gasteiger partial charge in [-0.05, 0) is 25.8 Å². The van der Waals surface area contributed by atoms with E-state index in [0.717, 1.165) is 19.1 Å². The molecular formula is C17H23Cl2NO2. The lowest BCUT2D eigenvalue weighted by Gasteiger charge is -2.04. The van der Waals surface area contributed by atoms with Crippen LogP contribution in [0.15, 0.2) is 46.3 Å². The molecule has 1 N–H and O–H groups in total. The van der Waals surface area contributed by atoms with Gasteiger partial charge in [0.2, 0.25) is 0 Å². The van der Waals surface area contributed by atoms with Crippen LogP contribution in [0.2, 0.25) is 0 Å². The maximum atomic E-state index is 11.6. The van der Waals surface area contributed by atoms with Gasteiger partial charge in [-0.15, -0.1) is 0 Å². The molecule has 0 aromatic heterocycles. The number of Topliss-reactive ketones (excluding diaryl/α,β-unsaturated/α-hetero) is 1. The van der Waals surface area contributed by atoms with Gasteiger partial charge in [0.1, 0.15) is 12.1 Å². The fourth-order valence-electron chi connectivity index (χ4n) is 1.53. The second-order valence-electron chi connectivity index (χ2n) is 4.78. The second kappa shape index (κ2) is 12.2. The molecule has 0 bridgehead atoms. The molecule has 0 unspecified atom stereocenters. The van der Waals surface area contributed by atoms with Crippen LogP contribution in [-0.4, -0.2) is 12.1 Å². The van der Waals surface area contributed by atoms with Gasteiger partial charge in [-0.25, -0.2) is 0 Å². The van der Waals surface area contributed by atoms with Gasteiger partial charge in [0.15, 0.2) is 0 Å². The average Bonchev–Trinajstić information content (AvgIpc) is 2.51. The van der Waals surface area contributed by atoms with Crippen LogP contribution in [0, 0.1) is 0 Å². The second-order valence-corrected chi connectivity index (χ2v) is 5.59. The molecule has 0 atom stereocenters. The Kier molecular flexibility index (Phi) is 11.5. The van der Waals surface area contributed by atoms with E-state index in [4.69, 9.17) is 23.2 Å². The van der Waals surface area contributed by atoms with Crippen molar-refractivity contribution in [3.8, 4) is 0 Å². The molecule has 0 fully saturated rings. The predicted octanol–water partition coefficient (Wildman–Crippen LogP) is 4.98. The number of halogens is 2. The number of unbranched alkanes of at least 4 members (excludes halogenated alkanes) is 1. The molecule has 0 saturated heterocycles. The normalized spacial score (nSPS) is 13.0. The Bertz CT molecular complexity index is 491. The van der Waals surface area contributed by atoms with Crippen molar-refractivity contribution in [3.05, 3.63) is 46.3 Å². The van der Waals surface area contributed by atoms with Crippen molar-refractivity contribution in [2.75, 3.05) is 0 Å². The van der Waals surface area contributed by atoms with Crippen LogP contribution in [0.1, 0.15) is 46.0 Å². The Morgan fingerprint density at radius 2 is 1.86 bits per heavy atom. The minimum absolute atomic E-state index is 0.177. The molecule has 22 heavy (non-hydrogen) atoms. The third kappa shape index (κ3) is 9.59. The maximum Gasteiger partial charge on any atom is 0.147 e. The number of carbonyl (C=O) groups is 2. The number of rotatable bonds is 11. The van der Waals surface area contributed by atoms with Crippen LogP contribution in [0.5, 0.6) is 0 Å². The third-order valence-corrected chi connectivity index (χ3v) is 3.71. The zero-order valence-electron chi connectivity index (χ0n) is 13.1. The Labute approximate surface area is 142 Å². The minimum Gasteiger partial charge on any atom is -0.362 e. The lowest BCUT2D eigenvalue weighted by molar-refractivity contribution is -0.119. The van der Waals surface area contributed by atoms with Crippen LogP contribution in [0.25, 0.3) is 0 Å². The molecule has 0 amide bonds. The summed E-state index contributed by atoms with van der Waals surface area (Å²) in [6, 6.07) is 0. The number of nitrogens with one attached hydrogen (secondary N) is 1. The van der Waals surface area contributed by atoms with Gasteiger partial charge >= 0.3 is 0 Å². The van der Waals surface area contributed by atoms with Crippen molar-refractivity contribution in [1.29, 1.82) is 0 Å². The number of aldehydes is 1. The van der Waals surface area contributed by atoms with Crippen molar-refractivity contribution in [3.63, 3.8) is 0 Å². The van der Waals surface area contributed by atoms with E-state index in [9.17, 15) is 9.59 Å². The molecule has 0 aliphatic heterocycles. The smallest absolute Gasteiger partial charge is 0.147 e. The molecule has 122 valence electrons. The summed E-state index contributed by atoms with van der Waals surface area (Å²) in [5.41, 5.74) is 1.01. The monoisotopic (exact) mass is 343 g/mol. The highest BCUT2D eigenvalue weighted by Gasteiger charge is 2.04. The van der Waals surface area contributed by atoms with Gasteiger partial charge in [-0.3, -0.25) is 9.59 Å². The molecule has 0 radical (unpaired) electrons. The first-order chi connectivity index (χ1) is 10.4. The summed E-state index contributed by atoms with van der Waals surface area (Å²) in [7, 11) is 0. The van der Waals surface area contributed by atoms with Gasteiger partial charge < -0.3 is 5.32 Å². The quantitative estimate of drug-likeness (QED) is 0.327. The topological polar surface area (TPSA) is 46.2 Å². The third-order valence-electron chi connectivity index (χ3n) is 2.88. The highest BCUT2D eigenvalue weighted by Crippen LogP contribution is 2.19. The van der Waals surface area contributed by atoms with Gasteiger partial charge in [0, 0.05) is 30.3 Å². The van der Waals surface area contributed by atoms with Gasteiger partial charge in [-0.2, -0.15) is 0 Å². The minimum atomic E-state index is 0.177. The fraction of sp³-hybridized carbons (Fsp3) is 0.412. The highest BCUT2D eigenvalue weighted by molar-refractivity contribution is 6.43. The zero-order chi connectivity index (χ0) is 17.0. The SMILES string of the molecule is C=C(/C=C(Cl)\C(Cl)=C/C)N/C=C(/C=O)CCC(=O)CCCC. The fourth-order valence-corrected chi connectivity index (χ4v) is 1.83. The number of carbonyl (C=O) groups excluding carboxylic acids is 2. The van der Waals surface area contributed by atoms with Crippen molar-refractivity contribution in [1.82, 2.24) is 5.32 Å². The molecule has 0 aromatic rings. The summed E-state index contributed by atoms with van der Waals surface area (Å²) in [6.07, 6.45) is 8.75. The molecule has 0 spiro atoms. The van der Waals surface area contributed by atoms with Crippen molar-refractivity contribution < 1.29 is 9.59 Å². The van der Waals surface area contributed by atoms with E-state index in [1.807, 2.05) is 6.92 Å². The van der Waals surface area contributed by atoms with Crippen molar-refractivity contribution in [2.45, 2.75) is 46.0 Å². The van der Waals surface area contributed by atoms with Crippen LogP contribution in [0.4, 0.5) is 0 Å². The first-order valence-corrected chi connectivity index (χ1v) is 8.00. The molecule has 3 nitrogen and oxygen atoms in total. The van der Waals surface area contributed by atoms with Crippen LogP contribution in [0.3, 0.4) is 0 Å². The number of hydrogen-bond donors (Lipinski definition) is 1. The lowest BCUT2D eigenvalue weighted by atomic mass is 10.1. The lowest BCUT2D eigenvalue weighted by Crippen LogP contribution is -2.05. The standard InChI is InChI=1S/C17H23Cl2NO2/c1-4-6-7-15(22)9-8-14(12-21)11-20-13(3)10-17(19)16(18)5-2/h5,10-12,20H,3-4,6-9H2,1-2H3/b14-11+,16-5+,17-10+. The van der Waals surface area contributed by atoms with Crippen molar-refractivity contribution >= 4 is 35.3 Å². The summed E-state index contributed by atoms with van der Waals surface area (Å²) >= 11 is 11.8. The van der Waals surface area contributed by atoms with E-state index in [2.05, 4.69) is 11.9 Å². The largest absolute Gasteiger partial charge is 0.362 e. The molecule has 5 heteroatoms. The molecule has 0 heterocycles. The summed E-state index contributed by atoms with van der Waals surface area (Å²) in [6.45, 7) is 7.58. The van der Waals surface area contributed by atoms with Gasteiger partial charge in [0.25, 0.3) is 0 Å². The number of hydrogen-bond acceptors (Lipinski definition) is 3. The van der Waals surface area contributed by atoms with E-state index >= 15 is 0 Å². The van der Waals surface area contributed by atoms with E-state index in [1.54, 1.807) is 19.1 Å². The zero-order valence-corrected chi connectivity index (χ0v) is 14.6. The molecule has 0 saturated carbocycles. The van der Waals surface area contributed by atoms with Crippen LogP contribution in [-0.2, 0) is 9.59 Å². The van der Waals surface area contributed by atoms with E-state index < -0.39 is 0 Å². The molecule has 0 aliphatic rings. The Balaban J connectivity index is 4.46. The number of ketones is 1. The van der Waals surface area contributed by atoms with E-state index in [1.165, 1.54) is 6.20 Å². The first-order valence-electron chi connectivity index (χ1n) is 7.25. The molecular weight excluding hydrogens is 321 g/mol. The summed E-state index contributed by atoms with van der Waals surface area (Å²) in [4.78, 5) is 22.6. The maximum absolute atomic E-state index is 11.6. The van der Waals surface area contributed by atoms with Gasteiger partial charge in [-0.1, -0.05) is 49.2 Å². The average molecular weight is 344 g/mol. The summed E-state index contributed by atoms with van der Waals surface area (Å²) < 4.78 is 0. The van der Waals surface area contributed by atoms with Crippen LogP contribution < -0.4 is 5.32 Å². The van der Waals surface area contributed by atoms with Crippen molar-refractivity contribution in [2.24, 2.45) is 0 Å². The van der Waals surface area contributed by atoms with E-state index in [-0.39, 0.29) is 5.78 Å². The van der Waals surface area contributed by atoms with Gasteiger partial charge in [0.05, 0.1) is 10.1 Å². The predicted molar refractivity (Wildman–Crippen MR) is 93.7 cm³/mol. The Morgan fingerprint density at radius 1 is 1.18 bits per heavy atom. The molecule has 0 aliphatic carbocycles. The molecule has 0 aromatic carbocycles. The Morgan fingerprint density at radius 3 is 2.41 bits per heavy atom.